The van der Waals surface area contributed by atoms with E-state index in [-0.39, 0.29) is 17.9 Å². The highest BCUT2D eigenvalue weighted by atomic mass is 16.5. The Morgan fingerprint density at radius 3 is 2.61 bits per heavy atom. The number of aliphatic imine (C=N–C) groups is 1. The summed E-state index contributed by atoms with van der Waals surface area (Å²) in [4.78, 5) is 15.6. The maximum atomic E-state index is 11.5. The van der Waals surface area contributed by atoms with Crippen LogP contribution in [-0.4, -0.2) is 23.9 Å². The first-order valence-corrected chi connectivity index (χ1v) is 5.75. The van der Waals surface area contributed by atoms with Crippen molar-refractivity contribution in [2.45, 2.75) is 20.4 Å². The van der Waals surface area contributed by atoms with Crippen LogP contribution in [0, 0.1) is 0 Å². The lowest BCUT2D eigenvalue weighted by Crippen LogP contribution is -2.10. The summed E-state index contributed by atoms with van der Waals surface area (Å²) >= 11 is 0. The Bertz CT molecular complexity index is 445. The molecule has 0 aliphatic carbocycles. The predicted molar refractivity (Wildman–Crippen MR) is 70.6 cm³/mol. The standard InChI is InChI=1S/C14H17NO3/c1-3-18-14(17)13(11(2)16)10-15-9-12-7-5-4-6-8-12/h4-8,10,16H,3,9H2,1-2H3. The van der Waals surface area contributed by atoms with Crippen molar-refractivity contribution in [1.29, 1.82) is 0 Å². The van der Waals surface area contributed by atoms with Crippen molar-refractivity contribution in [3.05, 3.63) is 47.2 Å². The normalized spacial score (nSPS) is 12.3. The molecule has 0 amide bonds. The monoisotopic (exact) mass is 247 g/mol. The first kappa shape index (κ1) is 14.0. The molecule has 0 atom stereocenters. The molecule has 0 saturated heterocycles. The Kier molecular flexibility index (Phi) is 5.64. The summed E-state index contributed by atoms with van der Waals surface area (Å²) in [6, 6.07) is 9.65. The quantitative estimate of drug-likeness (QED) is 0.376. The third-order valence-electron chi connectivity index (χ3n) is 2.22. The van der Waals surface area contributed by atoms with Crippen molar-refractivity contribution in [3.63, 3.8) is 0 Å². The van der Waals surface area contributed by atoms with Crippen LogP contribution >= 0.6 is 0 Å². The molecule has 0 aliphatic rings. The van der Waals surface area contributed by atoms with Crippen LogP contribution in [0.5, 0.6) is 0 Å². The number of esters is 1. The molecule has 0 radical (unpaired) electrons. The van der Waals surface area contributed by atoms with E-state index in [1.54, 1.807) is 6.92 Å². The Balaban J connectivity index is 2.68. The van der Waals surface area contributed by atoms with Gasteiger partial charge < -0.3 is 9.84 Å². The zero-order chi connectivity index (χ0) is 13.4. The van der Waals surface area contributed by atoms with Gasteiger partial charge in [0, 0.05) is 6.21 Å². The number of allylic oxidation sites excluding steroid dienone is 1. The third kappa shape index (κ3) is 4.41. The molecule has 1 N–H and O–H groups in total. The van der Waals surface area contributed by atoms with Gasteiger partial charge in [0.15, 0.2) is 0 Å². The molecule has 0 aliphatic heterocycles. The molecule has 4 nitrogen and oxygen atoms in total. The van der Waals surface area contributed by atoms with Crippen LogP contribution in [0.2, 0.25) is 0 Å². The Morgan fingerprint density at radius 1 is 1.39 bits per heavy atom. The molecular formula is C14H17NO3. The van der Waals surface area contributed by atoms with E-state index in [9.17, 15) is 9.90 Å². The fourth-order valence-corrected chi connectivity index (χ4v) is 1.33. The van der Waals surface area contributed by atoms with Gasteiger partial charge in [-0.25, -0.2) is 4.79 Å². The van der Waals surface area contributed by atoms with Gasteiger partial charge >= 0.3 is 5.97 Å². The van der Waals surface area contributed by atoms with Gasteiger partial charge in [-0.3, -0.25) is 4.99 Å². The van der Waals surface area contributed by atoms with Gasteiger partial charge in [-0.2, -0.15) is 0 Å². The number of nitrogens with zero attached hydrogens (tertiary/aromatic N) is 1. The molecule has 0 spiro atoms. The van der Waals surface area contributed by atoms with E-state index in [0.29, 0.717) is 6.54 Å². The minimum Gasteiger partial charge on any atom is -0.512 e. The molecule has 0 heterocycles. The third-order valence-corrected chi connectivity index (χ3v) is 2.22. The summed E-state index contributed by atoms with van der Waals surface area (Å²) in [5.74, 6) is -0.653. The summed E-state index contributed by atoms with van der Waals surface area (Å²) in [5, 5.41) is 9.39. The average Bonchev–Trinajstić information content (AvgIpc) is 2.35. The van der Waals surface area contributed by atoms with Crippen LogP contribution in [0.25, 0.3) is 0 Å². The van der Waals surface area contributed by atoms with Gasteiger partial charge in [-0.1, -0.05) is 30.3 Å². The molecule has 0 fully saturated rings. The lowest BCUT2D eigenvalue weighted by Gasteiger charge is -2.03. The average molecular weight is 247 g/mol. The number of hydrogen-bond donors (Lipinski definition) is 1. The van der Waals surface area contributed by atoms with Crippen LogP contribution < -0.4 is 0 Å². The van der Waals surface area contributed by atoms with Crippen molar-refractivity contribution >= 4 is 12.2 Å². The topological polar surface area (TPSA) is 58.9 Å². The second-order valence-electron chi connectivity index (χ2n) is 3.67. The SMILES string of the molecule is CCOC(=O)C(C=NCc1ccccc1)=C(C)O. The Labute approximate surface area is 107 Å². The van der Waals surface area contributed by atoms with E-state index in [2.05, 4.69) is 4.99 Å². The lowest BCUT2D eigenvalue weighted by atomic mass is 10.2. The molecule has 18 heavy (non-hydrogen) atoms. The fourth-order valence-electron chi connectivity index (χ4n) is 1.33. The Morgan fingerprint density at radius 2 is 2.06 bits per heavy atom. The number of benzene rings is 1. The minimum atomic E-state index is -0.561. The lowest BCUT2D eigenvalue weighted by molar-refractivity contribution is -0.138. The van der Waals surface area contributed by atoms with E-state index < -0.39 is 5.97 Å². The van der Waals surface area contributed by atoms with Gasteiger partial charge in [-0.05, 0) is 19.4 Å². The fraction of sp³-hybridized carbons (Fsp3) is 0.286. The minimum absolute atomic E-state index is 0.0905. The van der Waals surface area contributed by atoms with Crippen molar-refractivity contribution in [2.75, 3.05) is 6.61 Å². The molecular weight excluding hydrogens is 230 g/mol. The van der Waals surface area contributed by atoms with Gasteiger partial charge in [0.25, 0.3) is 0 Å². The number of rotatable bonds is 5. The van der Waals surface area contributed by atoms with Gasteiger partial charge in [0.2, 0.25) is 0 Å². The maximum Gasteiger partial charge on any atom is 0.343 e. The number of carbonyl (C=O) groups excluding carboxylic acids is 1. The van der Waals surface area contributed by atoms with E-state index in [1.165, 1.54) is 13.1 Å². The second kappa shape index (κ2) is 7.27. The summed E-state index contributed by atoms with van der Waals surface area (Å²) in [7, 11) is 0. The molecule has 96 valence electrons. The second-order valence-corrected chi connectivity index (χ2v) is 3.67. The zero-order valence-corrected chi connectivity index (χ0v) is 10.6. The summed E-state index contributed by atoms with van der Waals surface area (Å²) in [6.45, 7) is 3.86. The van der Waals surface area contributed by atoms with Crippen molar-refractivity contribution < 1.29 is 14.6 Å². The highest BCUT2D eigenvalue weighted by Gasteiger charge is 2.11. The smallest absolute Gasteiger partial charge is 0.343 e. The molecule has 0 bridgehead atoms. The van der Waals surface area contributed by atoms with Crippen LogP contribution in [0.15, 0.2) is 46.7 Å². The number of aliphatic hydroxyl groups excluding tert-OH is 1. The largest absolute Gasteiger partial charge is 0.512 e. The van der Waals surface area contributed by atoms with Crippen molar-refractivity contribution in [3.8, 4) is 0 Å². The summed E-state index contributed by atoms with van der Waals surface area (Å²) in [5.41, 5.74) is 1.13. The number of hydrogen-bond acceptors (Lipinski definition) is 4. The summed E-state index contributed by atoms with van der Waals surface area (Å²) in [6.07, 6.45) is 1.35. The molecule has 1 aromatic rings. The molecule has 1 rings (SSSR count). The maximum absolute atomic E-state index is 11.5. The van der Waals surface area contributed by atoms with E-state index in [0.717, 1.165) is 5.56 Å². The van der Waals surface area contributed by atoms with E-state index in [4.69, 9.17) is 4.74 Å². The van der Waals surface area contributed by atoms with Crippen LogP contribution in [0.4, 0.5) is 0 Å². The van der Waals surface area contributed by atoms with Crippen LogP contribution in [-0.2, 0) is 16.1 Å². The Hall–Kier alpha value is -2.10. The summed E-state index contributed by atoms with van der Waals surface area (Å²) < 4.78 is 4.82. The highest BCUT2D eigenvalue weighted by Crippen LogP contribution is 2.04. The molecule has 1 aromatic carbocycles. The number of carbonyl (C=O) groups is 1. The van der Waals surface area contributed by atoms with Crippen molar-refractivity contribution in [1.82, 2.24) is 0 Å². The number of ether oxygens (including phenoxy) is 1. The van der Waals surface area contributed by atoms with Gasteiger partial charge in [0.1, 0.15) is 11.3 Å². The van der Waals surface area contributed by atoms with Crippen LogP contribution in [0.3, 0.4) is 0 Å². The molecule has 0 unspecified atom stereocenters. The zero-order valence-electron chi connectivity index (χ0n) is 10.6. The molecule has 0 aromatic heterocycles. The number of aliphatic hydroxyl groups is 1. The predicted octanol–water partition coefficient (Wildman–Crippen LogP) is 2.65. The van der Waals surface area contributed by atoms with Gasteiger partial charge in [-0.15, -0.1) is 0 Å². The first-order valence-electron chi connectivity index (χ1n) is 5.75. The van der Waals surface area contributed by atoms with Crippen LogP contribution in [0.1, 0.15) is 19.4 Å². The van der Waals surface area contributed by atoms with Crippen molar-refractivity contribution in [2.24, 2.45) is 4.99 Å². The van der Waals surface area contributed by atoms with Gasteiger partial charge in [0.05, 0.1) is 13.2 Å². The highest BCUT2D eigenvalue weighted by molar-refractivity contribution is 6.09. The first-order chi connectivity index (χ1) is 8.65. The van der Waals surface area contributed by atoms with E-state index >= 15 is 0 Å². The molecule has 4 heteroatoms. The van der Waals surface area contributed by atoms with E-state index in [1.807, 2.05) is 30.3 Å². The molecule has 0 saturated carbocycles.